The molecule has 2 rings (SSSR count). The van der Waals surface area contributed by atoms with Crippen molar-refractivity contribution in [1.29, 1.82) is 0 Å². The molecule has 0 saturated heterocycles. The van der Waals surface area contributed by atoms with E-state index in [1.165, 1.54) is 25.1 Å². The van der Waals surface area contributed by atoms with Crippen LogP contribution in [-0.2, 0) is 6.18 Å². The highest BCUT2D eigenvalue weighted by Crippen LogP contribution is 2.32. The van der Waals surface area contributed by atoms with Crippen molar-refractivity contribution in [3.05, 3.63) is 41.2 Å². The maximum absolute atomic E-state index is 12.9. The van der Waals surface area contributed by atoms with Crippen LogP contribution in [-0.4, -0.2) is 26.0 Å². The number of carboxylic acids is 1. The van der Waals surface area contributed by atoms with E-state index in [9.17, 15) is 23.1 Å². The number of phenolic OH excluding ortho intramolecular Hbond substituents is 1. The number of aromatic hydroxyl groups is 1. The highest BCUT2D eigenvalue weighted by atomic mass is 19.4. The topological polar surface area (TPSA) is 75.3 Å². The van der Waals surface area contributed by atoms with Crippen molar-refractivity contribution in [2.45, 2.75) is 13.1 Å². The number of rotatable bonds is 2. The number of carboxylic acid groups (broad SMARTS) is 1. The number of hydrogen-bond donors (Lipinski definition) is 2. The molecule has 0 atom stereocenters. The van der Waals surface area contributed by atoms with Gasteiger partial charge in [-0.2, -0.15) is 18.3 Å². The smallest absolute Gasteiger partial charge is 0.433 e. The lowest BCUT2D eigenvalue weighted by atomic mass is 10.2. The number of carbonyl (C=O) groups is 1. The van der Waals surface area contributed by atoms with Crippen molar-refractivity contribution in [3.8, 4) is 11.4 Å². The lowest BCUT2D eigenvalue weighted by Gasteiger charge is -2.12. The molecule has 20 heavy (non-hydrogen) atoms. The summed E-state index contributed by atoms with van der Waals surface area (Å²) < 4.78 is 39.3. The Kier molecular flexibility index (Phi) is 3.16. The number of aromatic nitrogens is 2. The van der Waals surface area contributed by atoms with Crippen LogP contribution in [0.2, 0.25) is 0 Å². The third-order valence-electron chi connectivity index (χ3n) is 2.63. The zero-order chi connectivity index (χ0) is 15.1. The van der Waals surface area contributed by atoms with Crippen LogP contribution in [0, 0.1) is 6.92 Å². The van der Waals surface area contributed by atoms with Gasteiger partial charge in [0.2, 0.25) is 0 Å². The number of aryl methyl sites for hydroxylation is 1. The first-order valence-electron chi connectivity index (χ1n) is 5.40. The minimum atomic E-state index is -4.75. The maximum atomic E-state index is 12.9. The van der Waals surface area contributed by atoms with E-state index in [2.05, 4.69) is 5.10 Å². The van der Waals surface area contributed by atoms with Crippen LogP contribution >= 0.6 is 0 Å². The molecular formula is C12H9F3N2O3. The average Bonchev–Trinajstić information content (AvgIpc) is 2.73. The van der Waals surface area contributed by atoms with E-state index < -0.39 is 23.5 Å². The van der Waals surface area contributed by atoms with Crippen LogP contribution in [0.4, 0.5) is 13.2 Å². The maximum Gasteiger partial charge on any atom is 0.433 e. The van der Waals surface area contributed by atoms with Gasteiger partial charge in [-0.25, -0.2) is 9.48 Å². The monoisotopic (exact) mass is 286 g/mol. The van der Waals surface area contributed by atoms with Gasteiger partial charge in [0.05, 0.1) is 5.69 Å². The molecule has 0 aliphatic rings. The second kappa shape index (κ2) is 4.55. The predicted octanol–water partition coefficient (Wildman–Crippen LogP) is 2.60. The normalized spacial score (nSPS) is 11.6. The number of phenols is 1. The highest BCUT2D eigenvalue weighted by molar-refractivity contribution is 5.85. The van der Waals surface area contributed by atoms with Gasteiger partial charge in [0.1, 0.15) is 11.4 Å². The summed E-state index contributed by atoms with van der Waals surface area (Å²) in [6.45, 7) is 1.48. The van der Waals surface area contributed by atoms with Crippen LogP contribution in [0.1, 0.15) is 21.7 Å². The summed E-state index contributed by atoms with van der Waals surface area (Å²) in [5.74, 6) is -1.66. The SMILES string of the molecule is Cc1cc(O)ccc1-n1nc(C(=O)O)cc1C(F)(F)F. The summed E-state index contributed by atoms with van der Waals surface area (Å²) in [6, 6.07) is 4.16. The highest BCUT2D eigenvalue weighted by Gasteiger charge is 2.37. The van der Waals surface area contributed by atoms with Gasteiger partial charge in [0.25, 0.3) is 0 Å². The first-order chi connectivity index (χ1) is 9.20. The second-order valence-electron chi connectivity index (χ2n) is 4.10. The van der Waals surface area contributed by atoms with E-state index in [1.807, 2.05) is 0 Å². The van der Waals surface area contributed by atoms with Crippen molar-refractivity contribution in [2.24, 2.45) is 0 Å². The first-order valence-corrected chi connectivity index (χ1v) is 5.40. The number of hydrogen-bond acceptors (Lipinski definition) is 3. The Morgan fingerprint density at radius 2 is 1.95 bits per heavy atom. The van der Waals surface area contributed by atoms with Crippen LogP contribution in [0.15, 0.2) is 24.3 Å². The van der Waals surface area contributed by atoms with Gasteiger partial charge in [-0.1, -0.05) is 0 Å². The molecule has 0 radical (unpaired) electrons. The lowest BCUT2D eigenvalue weighted by Crippen LogP contribution is -2.14. The number of alkyl halides is 3. The van der Waals surface area contributed by atoms with Crippen molar-refractivity contribution >= 4 is 5.97 Å². The summed E-state index contributed by atoms with van der Waals surface area (Å²) in [6.07, 6.45) is -4.75. The Morgan fingerprint density at radius 1 is 1.30 bits per heavy atom. The largest absolute Gasteiger partial charge is 0.508 e. The standard InChI is InChI=1S/C12H9F3N2O3/c1-6-4-7(18)2-3-9(6)17-10(12(13,14)15)5-8(16-17)11(19)20/h2-5,18H,1H3,(H,19,20). The Labute approximate surface area is 110 Å². The minimum absolute atomic E-state index is 0.0441. The van der Waals surface area contributed by atoms with Gasteiger partial charge >= 0.3 is 12.1 Å². The van der Waals surface area contributed by atoms with E-state index in [4.69, 9.17) is 5.11 Å². The van der Waals surface area contributed by atoms with Gasteiger partial charge in [0.15, 0.2) is 5.69 Å². The Morgan fingerprint density at radius 3 is 2.45 bits per heavy atom. The van der Waals surface area contributed by atoms with E-state index in [-0.39, 0.29) is 11.4 Å². The quantitative estimate of drug-likeness (QED) is 0.889. The van der Waals surface area contributed by atoms with Crippen LogP contribution in [0.3, 0.4) is 0 Å². The van der Waals surface area contributed by atoms with Crippen molar-refractivity contribution in [2.75, 3.05) is 0 Å². The fraction of sp³-hybridized carbons (Fsp3) is 0.167. The van der Waals surface area contributed by atoms with Gasteiger partial charge < -0.3 is 10.2 Å². The molecular weight excluding hydrogens is 277 g/mol. The van der Waals surface area contributed by atoms with E-state index >= 15 is 0 Å². The summed E-state index contributed by atoms with van der Waals surface area (Å²) >= 11 is 0. The molecule has 0 aliphatic carbocycles. The van der Waals surface area contributed by atoms with Crippen LogP contribution in [0.5, 0.6) is 5.75 Å². The first kappa shape index (κ1) is 13.9. The van der Waals surface area contributed by atoms with E-state index in [0.29, 0.717) is 16.3 Å². The molecule has 0 fully saturated rings. The molecule has 8 heteroatoms. The number of aromatic carboxylic acids is 1. The molecule has 1 aromatic carbocycles. The van der Waals surface area contributed by atoms with Crippen molar-refractivity contribution < 1.29 is 28.2 Å². The van der Waals surface area contributed by atoms with Crippen LogP contribution in [0.25, 0.3) is 5.69 Å². The van der Waals surface area contributed by atoms with Crippen molar-refractivity contribution in [1.82, 2.24) is 9.78 Å². The fourth-order valence-electron chi connectivity index (χ4n) is 1.75. The molecule has 0 unspecified atom stereocenters. The fourth-order valence-corrected chi connectivity index (χ4v) is 1.75. The third kappa shape index (κ3) is 2.44. The summed E-state index contributed by atoms with van der Waals surface area (Å²) in [5.41, 5.74) is -1.52. The predicted molar refractivity (Wildman–Crippen MR) is 61.9 cm³/mol. The molecule has 106 valence electrons. The molecule has 2 aromatic rings. The van der Waals surface area contributed by atoms with Gasteiger partial charge in [-0.05, 0) is 30.7 Å². The van der Waals surface area contributed by atoms with E-state index in [1.54, 1.807) is 0 Å². The van der Waals surface area contributed by atoms with Gasteiger partial charge in [-0.15, -0.1) is 0 Å². The Balaban J connectivity index is 2.69. The summed E-state index contributed by atoms with van der Waals surface area (Å²) in [4.78, 5) is 10.8. The summed E-state index contributed by atoms with van der Waals surface area (Å²) in [7, 11) is 0. The Bertz CT molecular complexity index is 677. The third-order valence-corrected chi connectivity index (χ3v) is 2.63. The molecule has 5 nitrogen and oxygen atoms in total. The molecule has 0 aliphatic heterocycles. The molecule has 1 aromatic heterocycles. The lowest BCUT2D eigenvalue weighted by molar-refractivity contribution is -0.142. The molecule has 0 spiro atoms. The molecule has 0 saturated carbocycles. The number of halogens is 3. The van der Waals surface area contributed by atoms with Gasteiger partial charge in [-0.3, -0.25) is 0 Å². The summed E-state index contributed by atoms with van der Waals surface area (Å²) in [5, 5.41) is 21.5. The number of benzene rings is 1. The average molecular weight is 286 g/mol. The molecule has 2 N–H and O–H groups in total. The molecule has 0 bridgehead atoms. The molecule has 1 heterocycles. The minimum Gasteiger partial charge on any atom is -0.508 e. The Hall–Kier alpha value is -2.51. The van der Waals surface area contributed by atoms with Crippen molar-refractivity contribution in [3.63, 3.8) is 0 Å². The zero-order valence-electron chi connectivity index (χ0n) is 10.1. The second-order valence-corrected chi connectivity index (χ2v) is 4.10. The number of nitrogens with zero attached hydrogens (tertiary/aromatic N) is 2. The van der Waals surface area contributed by atoms with Crippen LogP contribution < -0.4 is 0 Å². The van der Waals surface area contributed by atoms with E-state index in [0.717, 1.165) is 0 Å². The zero-order valence-corrected chi connectivity index (χ0v) is 10.1. The molecule has 0 amide bonds. The van der Waals surface area contributed by atoms with Gasteiger partial charge in [0, 0.05) is 6.07 Å².